The van der Waals surface area contributed by atoms with Crippen molar-refractivity contribution in [2.75, 3.05) is 50.6 Å². The van der Waals surface area contributed by atoms with E-state index in [-0.39, 0.29) is 0 Å². The van der Waals surface area contributed by atoms with Crippen molar-refractivity contribution in [3.8, 4) is 0 Å². The summed E-state index contributed by atoms with van der Waals surface area (Å²) < 4.78 is 39.8. The van der Waals surface area contributed by atoms with E-state index in [2.05, 4.69) is 10.2 Å². The van der Waals surface area contributed by atoms with E-state index in [1.54, 1.807) is 35.4 Å². The Hall–Kier alpha value is 0.960. The zero-order valence-corrected chi connectivity index (χ0v) is 17.8. The third-order valence-corrected chi connectivity index (χ3v) is 8.89. The Morgan fingerprint density at radius 2 is 1.26 bits per heavy atom. The molecule has 7 nitrogen and oxygen atoms in total. The molecule has 0 saturated carbocycles. The third-order valence-electron chi connectivity index (χ3n) is 2.46. The summed E-state index contributed by atoms with van der Waals surface area (Å²) in [4.78, 5) is 0. The molecule has 0 aromatic rings. The highest BCUT2D eigenvalue weighted by atomic mass is 33.1. The lowest BCUT2D eigenvalue weighted by atomic mass is 10.8. The lowest BCUT2D eigenvalue weighted by Gasteiger charge is -2.17. The lowest BCUT2D eigenvalue weighted by molar-refractivity contribution is 0.211. The Morgan fingerprint density at radius 3 is 1.70 bits per heavy atom. The van der Waals surface area contributed by atoms with Gasteiger partial charge in [0, 0.05) is 30.8 Å². The summed E-state index contributed by atoms with van der Waals surface area (Å²) >= 11 is 0. The fourth-order valence-corrected chi connectivity index (χ4v) is 6.33. The SMILES string of the molecule is CCOP(=O)(CC)NCCSSCCNP(=O)(OCC)OCC. The van der Waals surface area contributed by atoms with Crippen LogP contribution in [0.4, 0.5) is 0 Å². The van der Waals surface area contributed by atoms with E-state index in [4.69, 9.17) is 13.6 Å². The minimum absolute atomic E-state index is 0.342. The summed E-state index contributed by atoms with van der Waals surface area (Å²) in [6.45, 7) is 9.55. The van der Waals surface area contributed by atoms with Gasteiger partial charge in [-0.05, 0) is 20.8 Å². The summed E-state index contributed by atoms with van der Waals surface area (Å²) in [6.07, 6.45) is 0.493. The van der Waals surface area contributed by atoms with Gasteiger partial charge in [-0.15, -0.1) is 0 Å². The average Bonchev–Trinajstić information content (AvgIpc) is 2.50. The molecule has 0 saturated heterocycles. The van der Waals surface area contributed by atoms with Crippen LogP contribution >= 0.6 is 36.9 Å². The van der Waals surface area contributed by atoms with Gasteiger partial charge in [0.1, 0.15) is 0 Å². The van der Waals surface area contributed by atoms with Crippen molar-refractivity contribution in [3.05, 3.63) is 0 Å². The molecule has 0 aliphatic heterocycles. The van der Waals surface area contributed by atoms with E-state index < -0.39 is 15.3 Å². The number of nitrogens with one attached hydrogen (secondary N) is 2. The van der Waals surface area contributed by atoms with Gasteiger partial charge in [-0.25, -0.2) is 14.7 Å². The zero-order valence-electron chi connectivity index (χ0n) is 14.4. The van der Waals surface area contributed by atoms with E-state index in [0.717, 1.165) is 11.5 Å². The van der Waals surface area contributed by atoms with E-state index in [1.807, 2.05) is 13.8 Å². The fraction of sp³-hybridized carbons (Fsp3) is 1.00. The predicted octanol–water partition coefficient (Wildman–Crippen LogP) is 3.98. The maximum Gasteiger partial charge on any atom is 0.405 e. The van der Waals surface area contributed by atoms with Crippen molar-refractivity contribution in [3.63, 3.8) is 0 Å². The number of rotatable bonds is 16. The topological polar surface area (TPSA) is 85.9 Å². The summed E-state index contributed by atoms with van der Waals surface area (Å²) in [5, 5.41) is 5.83. The van der Waals surface area contributed by atoms with E-state index >= 15 is 0 Å². The summed E-state index contributed by atoms with van der Waals surface area (Å²) in [5.74, 6) is 1.59. The van der Waals surface area contributed by atoms with Crippen molar-refractivity contribution >= 4 is 36.9 Å². The smallest absolute Gasteiger partial charge is 0.318 e. The summed E-state index contributed by atoms with van der Waals surface area (Å²) in [5.41, 5.74) is 0. The fourth-order valence-electron chi connectivity index (χ4n) is 1.53. The molecule has 0 rings (SSSR count). The highest BCUT2D eigenvalue weighted by Crippen LogP contribution is 2.43. The van der Waals surface area contributed by atoms with Crippen LogP contribution in [-0.2, 0) is 22.7 Å². The molecule has 1 unspecified atom stereocenters. The first-order valence-corrected chi connectivity index (χ1v) is 13.7. The van der Waals surface area contributed by atoms with E-state index in [1.165, 1.54) is 0 Å². The van der Waals surface area contributed by atoms with Crippen LogP contribution in [0.15, 0.2) is 0 Å². The van der Waals surface area contributed by atoms with Gasteiger partial charge in [-0.3, -0.25) is 13.6 Å². The minimum Gasteiger partial charge on any atom is -0.318 e. The van der Waals surface area contributed by atoms with Crippen LogP contribution in [0.5, 0.6) is 0 Å². The van der Waals surface area contributed by atoms with Gasteiger partial charge in [0.05, 0.1) is 19.8 Å². The van der Waals surface area contributed by atoms with Crippen molar-refractivity contribution in [2.45, 2.75) is 27.7 Å². The molecule has 11 heteroatoms. The number of hydrogen-bond donors (Lipinski definition) is 2. The largest absolute Gasteiger partial charge is 0.405 e. The molecule has 23 heavy (non-hydrogen) atoms. The Bertz CT molecular complexity index is 380. The second kappa shape index (κ2) is 14.2. The van der Waals surface area contributed by atoms with Crippen molar-refractivity contribution in [1.29, 1.82) is 0 Å². The molecule has 2 N–H and O–H groups in total. The molecule has 140 valence electrons. The highest BCUT2D eigenvalue weighted by Gasteiger charge is 2.22. The van der Waals surface area contributed by atoms with Gasteiger partial charge in [0.15, 0.2) is 0 Å². The van der Waals surface area contributed by atoms with Crippen molar-refractivity contribution in [1.82, 2.24) is 10.2 Å². The van der Waals surface area contributed by atoms with Crippen molar-refractivity contribution < 1.29 is 22.7 Å². The number of hydrogen-bond acceptors (Lipinski definition) is 7. The Labute approximate surface area is 148 Å². The molecular formula is C12H30N2O5P2S2. The molecule has 0 aromatic heterocycles. The molecule has 1 atom stereocenters. The molecule has 0 aliphatic carbocycles. The Morgan fingerprint density at radius 1 is 0.783 bits per heavy atom. The van der Waals surface area contributed by atoms with Gasteiger partial charge in [-0.1, -0.05) is 28.5 Å². The monoisotopic (exact) mass is 408 g/mol. The normalized spacial score (nSPS) is 14.8. The standard InChI is InChI=1S/C12H30N2O5P2S2/c1-5-17-20(15,8-4)13-9-11-22-23-12-10-14-21(16,18-6-2)19-7-3/h5-12H2,1-4H3,(H,13,15)(H,14,16). The van der Waals surface area contributed by atoms with Crippen LogP contribution in [-0.4, -0.2) is 50.6 Å². The average molecular weight is 408 g/mol. The van der Waals surface area contributed by atoms with Gasteiger partial charge in [0.25, 0.3) is 7.52 Å². The molecule has 0 radical (unpaired) electrons. The molecule has 0 bridgehead atoms. The zero-order chi connectivity index (χ0) is 17.6. The minimum atomic E-state index is -3.15. The molecule has 0 heterocycles. The molecule has 0 aliphatic rings. The Balaban J connectivity index is 3.73. The molecular weight excluding hydrogens is 378 g/mol. The van der Waals surface area contributed by atoms with Gasteiger partial charge < -0.3 is 4.52 Å². The first kappa shape index (κ1) is 24.0. The lowest BCUT2D eigenvalue weighted by Crippen LogP contribution is -2.18. The predicted molar refractivity (Wildman–Crippen MR) is 102 cm³/mol. The summed E-state index contributed by atoms with van der Waals surface area (Å²) in [7, 11) is -2.49. The first-order chi connectivity index (χ1) is 10.9. The molecule has 0 amide bonds. The van der Waals surface area contributed by atoms with Gasteiger partial charge >= 0.3 is 7.75 Å². The summed E-state index contributed by atoms with van der Waals surface area (Å²) in [6, 6.07) is 0. The van der Waals surface area contributed by atoms with Crippen LogP contribution in [0.3, 0.4) is 0 Å². The maximum absolute atomic E-state index is 12.1. The van der Waals surface area contributed by atoms with Gasteiger partial charge in [-0.2, -0.15) is 0 Å². The van der Waals surface area contributed by atoms with Crippen molar-refractivity contribution in [2.24, 2.45) is 0 Å². The first-order valence-electron chi connectivity index (χ1n) is 7.82. The maximum atomic E-state index is 12.1. The highest BCUT2D eigenvalue weighted by molar-refractivity contribution is 8.76. The quantitative estimate of drug-likeness (QED) is 0.224. The molecule has 0 aromatic carbocycles. The van der Waals surface area contributed by atoms with Crippen LogP contribution in [0, 0.1) is 0 Å². The van der Waals surface area contributed by atoms with Crippen LogP contribution in [0.1, 0.15) is 27.7 Å². The van der Waals surface area contributed by atoms with E-state index in [0.29, 0.717) is 39.1 Å². The van der Waals surface area contributed by atoms with E-state index in [9.17, 15) is 9.13 Å². The van der Waals surface area contributed by atoms with Gasteiger partial charge in [0.2, 0.25) is 0 Å². The van der Waals surface area contributed by atoms with Crippen LogP contribution in [0.25, 0.3) is 0 Å². The molecule has 0 spiro atoms. The second-order valence-electron chi connectivity index (χ2n) is 4.20. The Kier molecular flexibility index (Phi) is 14.8. The third kappa shape index (κ3) is 12.0. The van der Waals surface area contributed by atoms with Crippen LogP contribution in [0.2, 0.25) is 0 Å². The molecule has 0 fully saturated rings. The second-order valence-corrected chi connectivity index (χ2v) is 11.3. The van der Waals surface area contributed by atoms with Crippen LogP contribution < -0.4 is 10.2 Å².